The summed E-state index contributed by atoms with van der Waals surface area (Å²) in [5, 5.41) is -1.33. The molecule has 3 amide bonds. The second-order valence-electron chi connectivity index (χ2n) is 5.57. The third kappa shape index (κ3) is 4.18. The summed E-state index contributed by atoms with van der Waals surface area (Å²) in [7, 11) is -3.91. The fourth-order valence-electron chi connectivity index (χ4n) is 2.81. The molecule has 138 valence electrons. The number of carbonyl (C=O) groups excluding carboxylic acids is 2. The number of hydrogen-bond donors (Lipinski definition) is 1. The van der Waals surface area contributed by atoms with Crippen LogP contribution in [0, 0.1) is 5.82 Å². The van der Waals surface area contributed by atoms with Gasteiger partial charge in [-0.05, 0) is 18.6 Å². The maximum absolute atomic E-state index is 14.3. The van der Waals surface area contributed by atoms with Crippen LogP contribution in [0.4, 0.5) is 20.6 Å². The summed E-state index contributed by atoms with van der Waals surface area (Å²) in [5.41, 5.74) is -0.589. The van der Waals surface area contributed by atoms with Crippen molar-refractivity contribution in [2.24, 2.45) is 0 Å². The van der Waals surface area contributed by atoms with Gasteiger partial charge in [0.2, 0.25) is 10.0 Å². The molecular formula is C13H12Cl3FKN3O4S. The Labute approximate surface area is 206 Å². The van der Waals surface area contributed by atoms with Crippen LogP contribution in [0.25, 0.3) is 0 Å². The van der Waals surface area contributed by atoms with E-state index in [9.17, 15) is 22.4 Å². The van der Waals surface area contributed by atoms with E-state index in [1.165, 1.54) is 4.90 Å². The Hall–Kier alpha value is 0.346. The molecule has 0 aliphatic carbocycles. The first kappa shape index (κ1) is 22.6. The average molecular weight is 471 g/mol. The number of benzene rings is 1. The van der Waals surface area contributed by atoms with E-state index in [2.05, 4.69) is 4.72 Å². The first-order chi connectivity index (χ1) is 11.6. The van der Waals surface area contributed by atoms with Crippen molar-refractivity contribution in [3.05, 3.63) is 23.0 Å². The molecule has 7 nitrogen and oxygen atoms in total. The van der Waals surface area contributed by atoms with Gasteiger partial charge in [-0.15, -0.1) is 23.2 Å². The van der Waals surface area contributed by atoms with Crippen molar-refractivity contribution in [1.29, 1.82) is 0 Å². The third-order valence-corrected chi connectivity index (χ3v) is 6.19. The summed E-state index contributed by atoms with van der Waals surface area (Å²) in [5.74, 6) is -1.57. The van der Waals surface area contributed by atoms with Gasteiger partial charge in [-0.25, -0.2) is 22.5 Å². The Bertz CT molecular complexity index is 848. The molecule has 26 heavy (non-hydrogen) atoms. The standard InChI is InChI=1S/C13H11Cl3FN3O4S.K.H/c14-5-25(23,24)18-9-3-10(8(17)2-7(9)16)20-12(21)11-1-6(15)4-19(11)13(20)22;;/h2-3,6,11,18H,1,4-5H2;;. The number of hydrogen-bond acceptors (Lipinski definition) is 4. The number of carbonyl (C=O) groups is 2. The zero-order chi connectivity index (χ0) is 18.5. The molecule has 2 unspecified atom stereocenters. The van der Waals surface area contributed by atoms with Gasteiger partial charge in [0.05, 0.1) is 21.8 Å². The van der Waals surface area contributed by atoms with Crippen LogP contribution >= 0.6 is 34.8 Å². The summed E-state index contributed by atoms with van der Waals surface area (Å²) in [4.78, 5) is 26.8. The Morgan fingerprint density at radius 1 is 1.31 bits per heavy atom. The molecule has 0 saturated carbocycles. The van der Waals surface area contributed by atoms with Gasteiger partial charge in [0.15, 0.2) is 0 Å². The Morgan fingerprint density at radius 3 is 2.54 bits per heavy atom. The number of anilines is 2. The number of fused-ring (bicyclic) bond motifs is 1. The Kier molecular flexibility index (Phi) is 7.29. The first-order valence-electron chi connectivity index (χ1n) is 6.98. The summed E-state index contributed by atoms with van der Waals surface area (Å²) < 4.78 is 39.6. The van der Waals surface area contributed by atoms with Crippen LogP contribution in [0.5, 0.6) is 0 Å². The zero-order valence-corrected chi connectivity index (χ0v) is 15.5. The van der Waals surface area contributed by atoms with E-state index >= 15 is 0 Å². The van der Waals surface area contributed by atoms with Crippen LogP contribution < -0.4 is 9.62 Å². The molecule has 1 N–H and O–H groups in total. The number of halogens is 4. The topological polar surface area (TPSA) is 86.8 Å². The normalized spacial score (nSPS) is 22.5. The van der Waals surface area contributed by atoms with Crippen molar-refractivity contribution in [3.8, 4) is 0 Å². The third-order valence-electron chi connectivity index (χ3n) is 3.88. The molecule has 1 aromatic rings. The molecule has 2 heterocycles. The Morgan fingerprint density at radius 2 is 1.96 bits per heavy atom. The minimum atomic E-state index is -3.91. The number of rotatable bonds is 4. The maximum atomic E-state index is 14.3. The molecule has 2 aliphatic rings. The molecule has 13 heteroatoms. The van der Waals surface area contributed by atoms with Gasteiger partial charge in [-0.1, -0.05) is 11.6 Å². The van der Waals surface area contributed by atoms with E-state index in [4.69, 9.17) is 34.8 Å². The number of imide groups is 1. The second kappa shape index (κ2) is 8.38. The van der Waals surface area contributed by atoms with Crippen LogP contribution in [0.1, 0.15) is 6.42 Å². The number of nitrogens with one attached hydrogen (secondary N) is 1. The number of nitrogens with zero attached hydrogens (tertiary/aromatic N) is 2. The fourth-order valence-corrected chi connectivity index (χ4v) is 4.10. The number of amides is 3. The van der Waals surface area contributed by atoms with Crippen LogP contribution in [-0.2, 0) is 14.8 Å². The molecule has 0 radical (unpaired) electrons. The van der Waals surface area contributed by atoms with Gasteiger partial charge in [0, 0.05) is 6.54 Å². The first-order valence-corrected chi connectivity index (χ1v) is 9.99. The van der Waals surface area contributed by atoms with Gasteiger partial charge in [-0.2, -0.15) is 0 Å². The Balaban J connectivity index is 0.00000243. The second-order valence-corrected chi connectivity index (χ2v) is 8.90. The number of sulfonamides is 1. The van der Waals surface area contributed by atoms with E-state index < -0.39 is 44.7 Å². The van der Waals surface area contributed by atoms with Crippen molar-refractivity contribution < 1.29 is 22.4 Å². The van der Waals surface area contributed by atoms with E-state index in [0.717, 1.165) is 12.1 Å². The summed E-state index contributed by atoms with van der Waals surface area (Å²) in [6, 6.07) is 0.327. The van der Waals surface area contributed by atoms with Gasteiger partial charge in [0.25, 0.3) is 5.91 Å². The van der Waals surface area contributed by atoms with Crippen LogP contribution in [0.15, 0.2) is 12.1 Å². The van der Waals surface area contributed by atoms with E-state index in [0.29, 0.717) is 4.90 Å². The molecule has 2 fully saturated rings. The summed E-state index contributed by atoms with van der Waals surface area (Å²) >= 11 is 17.1. The van der Waals surface area contributed by atoms with Crippen molar-refractivity contribution in [3.63, 3.8) is 0 Å². The van der Waals surface area contributed by atoms with E-state index in [1.807, 2.05) is 0 Å². The predicted octanol–water partition coefficient (Wildman–Crippen LogP) is 1.92. The summed E-state index contributed by atoms with van der Waals surface area (Å²) in [6.07, 6.45) is 0.267. The molecule has 2 aliphatic heterocycles. The molecule has 3 rings (SSSR count). The molecule has 2 atom stereocenters. The van der Waals surface area contributed by atoms with Gasteiger partial charge in [-0.3, -0.25) is 9.52 Å². The van der Waals surface area contributed by atoms with Crippen LogP contribution in [-0.4, -0.2) is 99.8 Å². The SMILES string of the molecule is O=C1C2CC(Cl)CN2C(=O)N1c1cc(NS(=O)(=O)CCl)c(Cl)cc1F.[KH]. The van der Waals surface area contributed by atoms with Crippen molar-refractivity contribution in [2.75, 3.05) is 21.4 Å². The average Bonchev–Trinajstić information content (AvgIpc) is 3.01. The molecule has 0 spiro atoms. The fraction of sp³-hybridized carbons (Fsp3) is 0.385. The number of urea groups is 1. The molecular weight excluding hydrogens is 459 g/mol. The van der Waals surface area contributed by atoms with Gasteiger partial charge >= 0.3 is 57.4 Å². The summed E-state index contributed by atoms with van der Waals surface area (Å²) in [6.45, 7) is 0.175. The molecule has 2 saturated heterocycles. The van der Waals surface area contributed by atoms with E-state index in [1.54, 1.807) is 0 Å². The van der Waals surface area contributed by atoms with Crippen molar-refractivity contribution >= 4 is 120 Å². The molecule has 1 aromatic carbocycles. The van der Waals surface area contributed by atoms with Gasteiger partial charge in [0.1, 0.15) is 17.1 Å². The zero-order valence-electron chi connectivity index (χ0n) is 12.4. The minimum absolute atomic E-state index is 0. The quantitative estimate of drug-likeness (QED) is 0.414. The van der Waals surface area contributed by atoms with Gasteiger partial charge < -0.3 is 4.90 Å². The van der Waals surface area contributed by atoms with Crippen LogP contribution in [0.3, 0.4) is 0 Å². The molecule has 0 bridgehead atoms. The van der Waals surface area contributed by atoms with Crippen molar-refractivity contribution in [2.45, 2.75) is 17.8 Å². The monoisotopic (exact) mass is 469 g/mol. The van der Waals surface area contributed by atoms with Crippen molar-refractivity contribution in [1.82, 2.24) is 4.90 Å². The molecule has 0 aromatic heterocycles. The predicted molar refractivity (Wildman–Crippen MR) is 99.5 cm³/mol. The number of alkyl halides is 2. The van der Waals surface area contributed by atoms with Crippen LogP contribution in [0.2, 0.25) is 5.02 Å². The van der Waals surface area contributed by atoms with E-state index in [-0.39, 0.29) is 80.4 Å².